The SMILES string of the molecule is Cc1cc2c(cc1Br)N(C(=O)OCc1ccccc1)C(CC(C)C)CC2. The van der Waals surface area contributed by atoms with Crippen LogP contribution in [0.25, 0.3) is 0 Å². The Kier molecular flexibility index (Phi) is 6.02. The number of anilines is 1. The third-order valence-electron chi connectivity index (χ3n) is 4.88. The van der Waals surface area contributed by atoms with Gasteiger partial charge in [0.2, 0.25) is 0 Å². The first-order chi connectivity index (χ1) is 12.5. The van der Waals surface area contributed by atoms with Crippen LogP contribution < -0.4 is 4.90 Å². The van der Waals surface area contributed by atoms with Crippen molar-refractivity contribution in [3.8, 4) is 0 Å². The molecular weight excluding hydrogens is 390 g/mol. The second-order valence-corrected chi connectivity index (χ2v) is 8.32. The number of benzene rings is 2. The number of hydrogen-bond acceptors (Lipinski definition) is 2. The van der Waals surface area contributed by atoms with E-state index in [1.165, 1.54) is 11.1 Å². The zero-order valence-corrected chi connectivity index (χ0v) is 17.3. The van der Waals surface area contributed by atoms with Crippen molar-refractivity contribution >= 4 is 27.7 Å². The van der Waals surface area contributed by atoms with Gasteiger partial charge in [-0.15, -0.1) is 0 Å². The summed E-state index contributed by atoms with van der Waals surface area (Å²) in [5.74, 6) is 0.528. The molecule has 0 fully saturated rings. The lowest BCUT2D eigenvalue weighted by Crippen LogP contribution is -2.44. The van der Waals surface area contributed by atoms with Crippen LogP contribution in [0.4, 0.5) is 10.5 Å². The highest BCUT2D eigenvalue weighted by Gasteiger charge is 2.33. The maximum Gasteiger partial charge on any atom is 0.414 e. The number of carbonyl (C=O) groups excluding carboxylic acids is 1. The van der Waals surface area contributed by atoms with Gasteiger partial charge < -0.3 is 4.74 Å². The van der Waals surface area contributed by atoms with E-state index >= 15 is 0 Å². The van der Waals surface area contributed by atoms with Crippen molar-refractivity contribution in [1.82, 2.24) is 0 Å². The molecule has 0 aromatic heterocycles. The maximum absolute atomic E-state index is 13.0. The third kappa shape index (κ3) is 4.29. The van der Waals surface area contributed by atoms with E-state index in [0.29, 0.717) is 12.5 Å². The van der Waals surface area contributed by atoms with Crippen LogP contribution in [0.3, 0.4) is 0 Å². The van der Waals surface area contributed by atoms with E-state index < -0.39 is 0 Å². The molecule has 2 aromatic carbocycles. The minimum Gasteiger partial charge on any atom is -0.444 e. The van der Waals surface area contributed by atoms with Gasteiger partial charge in [0.25, 0.3) is 0 Å². The predicted octanol–water partition coefficient (Wildman–Crippen LogP) is 6.26. The van der Waals surface area contributed by atoms with Gasteiger partial charge in [0.1, 0.15) is 6.61 Å². The molecule has 2 aromatic rings. The topological polar surface area (TPSA) is 29.5 Å². The van der Waals surface area contributed by atoms with Gasteiger partial charge in [-0.3, -0.25) is 4.90 Å². The van der Waals surface area contributed by atoms with Crippen molar-refractivity contribution in [3.63, 3.8) is 0 Å². The summed E-state index contributed by atoms with van der Waals surface area (Å²) in [4.78, 5) is 14.9. The summed E-state index contributed by atoms with van der Waals surface area (Å²) in [6.45, 7) is 6.79. The van der Waals surface area contributed by atoms with Gasteiger partial charge in [-0.05, 0) is 54.9 Å². The molecule has 3 nitrogen and oxygen atoms in total. The Hall–Kier alpha value is -1.81. The zero-order chi connectivity index (χ0) is 18.7. The number of ether oxygens (including phenoxy) is 1. The van der Waals surface area contributed by atoms with Gasteiger partial charge >= 0.3 is 6.09 Å². The summed E-state index contributed by atoms with van der Waals surface area (Å²) < 4.78 is 6.71. The van der Waals surface area contributed by atoms with Crippen LogP contribution in [0.1, 0.15) is 43.4 Å². The molecular formula is C22H26BrNO2. The Labute approximate surface area is 164 Å². The number of hydrogen-bond donors (Lipinski definition) is 0. The third-order valence-corrected chi connectivity index (χ3v) is 5.73. The first-order valence-electron chi connectivity index (χ1n) is 9.24. The number of rotatable bonds is 4. The molecule has 1 amide bonds. The fourth-order valence-electron chi connectivity index (χ4n) is 3.61. The Balaban J connectivity index is 1.86. The molecule has 4 heteroatoms. The molecule has 1 aliphatic heterocycles. The lowest BCUT2D eigenvalue weighted by atomic mass is 9.90. The molecule has 0 aliphatic carbocycles. The van der Waals surface area contributed by atoms with Crippen LogP contribution in [-0.2, 0) is 17.8 Å². The van der Waals surface area contributed by atoms with E-state index in [-0.39, 0.29) is 12.1 Å². The van der Waals surface area contributed by atoms with Crippen molar-refractivity contribution < 1.29 is 9.53 Å². The number of nitrogens with zero attached hydrogens (tertiary/aromatic N) is 1. The van der Waals surface area contributed by atoms with E-state index in [2.05, 4.69) is 48.8 Å². The van der Waals surface area contributed by atoms with Gasteiger partial charge in [0, 0.05) is 10.5 Å². The molecule has 1 atom stereocenters. The van der Waals surface area contributed by atoms with Gasteiger partial charge in [-0.2, -0.15) is 0 Å². The fourth-order valence-corrected chi connectivity index (χ4v) is 3.94. The molecule has 138 valence electrons. The van der Waals surface area contributed by atoms with Gasteiger partial charge in [-0.25, -0.2) is 4.79 Å². The van der Waals surface area contributed by atoms with Crippen LogP contribution in [0.2, 0.25) is 0 Å². The van der Waals surface area contributed by atoms with E-state index in [4.69, 9.17) is 4.74 Å². The van der Waals surface area contributed by atoms with Gasteiger partial charge in [0.15, 0.2) is 0 Å². The number of halogens is 1. The van der Waals surface area contributed by atoms with Crippen molar-refractivity contribution in [1.29, 1.82) is 0 Å². The first kappa shape index (κ1) is 19.0. The summed E-state index contributed by atoms with van der Waals surface area (Å²) in [6.07, 6.45) is 2.71. The molecule has 1 heterocycles. The molecule has 0 spiro atoms. The summed E-state index contributed by atoms with van der Waals surface area (Å²) in [6, 6.07) is 14.3. The highest BCUT2D eigenvalue weighted by Crippen LogP contribution is 2.37. The standard InChI is InChI=1S/C22H26BrNO2/c1-15(2)11-19-10-9-18-12-16(3)20(23)13-21(18)24(19)22(25)26-14-17-7-5-4-6-8-17/h4-8,12-13,15,19H,9-11,14H2,1-3H3. The Morgan fingerprint density at radius 3 is 2.69 bits per heavy atom. The zero-order valence-electron chi connectivity index (χ0n) is 15.7. The summed E-state index contributed by atoms with van der Waals surface area (Å²) >= 11 is 3.62. The Morgan fingerprint density at radius 2 is 2.00 bits per heavy atom. The smallest absolute Gasteiger partial charge is 0.414 e. The van der Waals surface area contributed by atoms with Crippen LogP contribution >= 0.6 is 15.9 Å². The minimum absolute atomic E-state index is 0.181. The Morgan fingerprint density at radius 1 is 1.27 bits per heavy atom. The first-order valence-corrected chi connectivity index (χ1v) is 10.0. The molecule has 0 radical (unpaired) electrons. The molecule has 0 saturated heterocycles. The minimum atomic E-state index is -0.254. The highest BCUT2D eigenvalue weighted by molar-refractivity contribution is 9.10. The van der Waals surface area contributed by atoms with Crippen molar-refractivity contribution in [2.24, 2.45) is 5.92 Å². The predicted molar refractivity (Wildman–Crippen MR) is 110 cm³/mol. The van der Waals surface area contributed by atoms with E-state index in [1.54, 1.807) is 0 Å². The molecule has 0 saturated carbocycles. The maximum atomic E-state index is 13.0. The van der Waals surface area contributed by atoms with E-state index in [1.807, 2.05) is 35.2 Å². The quantitative estimate of drug-likeness (QED) is 0.589. The average Bonchev–Trinajstić information content (AvgIpc) is 2.61. The van der Waals surface area contributed by atoms with Crippen LogP contribution in [0.15, 0.2) is 46.9 Å². The van der Waals surface area contributed by atoms with Crippen molar-refractivity contribution in [2.75, 3.05) is 4.90 Å². The lowest BCUT2D eigenvalue weighted by Gasteiger charge is -2.37. The molecule has 1 unspecified atom stereocenters. The Bertz CT molecular complexity index is 773. The van der Waals surface area contributed by atoms with Crippen LogP contribution in [0, 0.1) is 12.8 Å². The highest BCUT2D eigenvalue weighted by atomic mass is 79.9. The summed E-state index contributed by atoms with van der Waals surface area (Å²) in [5.41, 5.74) is 4.41. The molecule has 0 N–H and O–H groups in total. The molecule has 0 bridgehead atoms. The second kappa shape index (κ2) is 8.26. The average molecular weight is 416 g/mol. The normalized spacial score (nSPS) is 16.5. The molecule has 3 rings (SSSR count). The van der Waals surface area contributed by atoms with Crippen molar-refractivity contribution in [2.45, 2.75) is 52.7 Å². The largest absolute Gasteiger partial charge is 0.444 e. The second-order valence-electron chi connectivity index (χ2n) is 7.46. The molecule has 26 heavy (non-hydrogen) atoms. The van der Waals surface area contributed by atoms with E-state index in [9.17, 15) is 4.79 Å². The summed E-state index contributed by atoms with van der Waals surface area (Å²) in [7, 11) is 0. The number of aryl methyl sites for hydroxylation is 2. The van der Waals surface area contributed by atoms with E-state index in [0.717, 1.165) is 35.0 Å². The van der Waals surface area contributed by atoms with Crippen LogP contribution in [0.5, 0.6) is 0 Å². The van der Waals surface area contributed by atoms with Crippen LogP contribution in [-0.4, -0.2) is 12.1 Å². The lowest BCUT2D eigenvalue weighted by molar-refractivity contribution is 0.142. The van der Waals surface area contributed by atoms with Crippen molar-refractivity contribution in [3.05, 3.63) is 63.6 Å². The number of fused-ring (bicyclic) bond motifs is 1. The number of carbonyl (C=O) groups is 1. The fraction of sp³-hybridized carbons (Fsp3) is 0.409. The van der Waals surface area contributed by atoms with Gasteiger partial charge in [0.05, 0.1) is 5.69 Å². The summed E-state index contributed by atoms with van der Waals surface area (Å²) in [5, 5.41) is 0. The molecule has 1 aliphatic rings. The monoisotopic (exact) mass is 415 g/mol. The van der Waals surface area contributed by atoms with Gasteiger partial charge in [-0.1, -0.05) is 66.2 Å². The number of amides is 1.